The van der Waals surface area contributed by atoms with Gasteiger partial charge in [0.05, 0.1) is 5.69 Å². The van der Waals surface area contributed by atoms with Gasteiger partial charge in [0.1, 0.15) is 9.71 Å². The Labute approximate surface area is 148 Å². The summed E-state index contributed by atoms with van der Waals surface area (Å²) in [5, 5.41) is 1.48. The Morgan fingerprint density at radius 3 is 2.71 bits per heavy atom. The molecule has 0 spiro atoms. The molecular formula is C18H16ClN3OS. The van der Waals surface area contributed by atoms with Gasteiger partial charge in [-0.1, -0.05) is 29.8 Å². The maximum atomic E-state index is 11.7. The number of halogens is 1. The quantitative estimate of drug-likeness (QED) is 0.721. The molecule has 2 heterocycles. The van der Waals surface area contributed by atoms with Crippen molar-refractivity contribution in [3.05, 3.63) is 45.4 Å². The number of fused-ring (bicyclic) bond motifs is 2. The number of amides is 1. The van der Waals surface area contributed by atoms with Crippen LogP contribution < -0.4 is 11.5 Å². The number of nitrogens with two attached hydrogens (primary N) is 2. The summed E-state index contributed by atoms with van der Waals surface area (Å²) in [6.45, 7) is 0. The van der Waals surface area contributed by atoms with E-state index in [1.165, 1.54) is 16.9 Å². The molecule has 0 atom stereocenters. The molecule has 2 aromatic heterocycles. The number of primary amides is 1. The number of thiophene rings is 1. The number of hydrogen-bond donors (Lipinski definition) is 2. The lowest BCUT2D eigenvalue weighted by Gasteiger charge is -2.20. The van der Waals surface area contributed by atoms with Crippen molar-refractivity contribution in [2.45, 2.75) is 25.7 Å². The van der Waals surface area contributed by atoms with Crippen LogP contribution in [0.2, 0.25) is 5.02 Å². The number of anilines is 1. The highest BCUT2D eigenvalue weighted by atomic mass is 35.5. The minimum Gasteiger partial charge on any atom is -0.397 e. The molecule has 1 amide bonds. The summed E-state index contributed by atoms with van der Waals surface area (Å²) < 4.78 is 0. The third kappa shape index (κ3) is 2.27. The SMILES string of the molecule is NC(=O)c1sc2nc3c(c(-c4ccccc4Cl)c2c1N)CCCC3. The lowest BCUT2D eigenvalue weighted by atomic mass is 9.87. The Kier molecular flexibility index (Phi) is 3.70. The van der Waals surface area contributed by atoms with E-state index in [1.807, 2.05) is 24.3 Å². The van der Waals surface area contributed by atoms with Crippen molar-refractivity contribution >= 4 is 44.7 Å². The Balaban J connectivity index is 2.16. The number of nitrogen functional groups attached to an aromatic ring is 1. The number of aryl methyl sites for hydroxylation is 1. The normalized spacial score (nSPS) is 13.9. The molecule has 1 aliphatic rings. The summed E-state index contributed by atoms with van der Waals surface area (Å²) in [7, 11) is 0. The highest BCUT2D eigenvalue weighted by molar-refractivity contribution is 7.21. The van der Waals surface area contributed by atoms with Crippen LogP contribution in [0, 0.1) is 0 Å². The van der Waals surface area contributed by atoms with Crippen LogP contribution in [0.5, 0.6) is 0 Å². The second-order valence-corrected chi connectivity index (χ2v) is 7.39. The summed E-state index contributed by atoms with van der Waals surface area (Å²) in [5.74, 6) is -0.515. The van der Waals surface area contributed by atoms with Crippen LogP contribution in [0.3, 0.4) is 0 Å². The molecule has 1 aromatic carbocycles. The van der Waals surface area contributed by atoms with Gasteiger partial charge >= 0.3 is 0 Å². The van der Waals surface area contributed by atoms with Crippen LogP contribution >= 0.6 is 22.9 Å². The molecule has 24 heavy (non-hydrogen) atoms. The Bertz CT molecular complexity index is 980. The van der Waals surface area contributed by atoms with Gasteiger partial charge in [-0.05, 0) is 37.3 Å². The molecule has 6 heteroatoms. The molecule has 1 aliphatic carbocycles. The monoisotopic (exact) mass is 357 g/mol. The van der Waals surface area contributed by atoms with Crippen LogP contribution in [-0.2, 0) is 12.8 Å². The summed E-state index contributed by atoms with van der Waals surface area (Å²) in [6.07, 6.45) is 4.12. The van der Waals surface area contributed by atoms with Crippen molar-refractivity contribution in [1.29, 1.82) is 0 Å². The van der Waals surface area contributed by atoms with Gasteiger partial charge in [-0.15, -0.1) is 11.3 Å². The van der Waals surface area contributed by atoms with Crippen molar-refractivity contribution in [2.24, 2.45) is 5.73 Å². The fourth-order valence-electron chi connectivity index (χ4n) is 3.45. The van der Waals surface area contributed by atoms with Gasteiger partial charge in [0.2, 0.25) is 0 Å². The lowest BCUT2D eigenvalue weighted by Crippen LogP contribution is -2.11. The zero-order chi connectivity index (χ0) is 16.8. The largest absolute Gasteiger partial charge is 0.397 e. The third-order valence-electron chi connectivity index (χ3n) is 4.52. The van der Waals surface area contributed by atoms with Crippen LogP contribution in [-0.4, -0.2) is 10.9 Å². The van der Waals surface area contributed by atoms with E-state index in [9.17, 15) is 4.79 Å². The topological polar surface area (TPSA) is 82.0 Å². The van der Waals surface area contributed by atoms with Gasteiger partial charge in [0.25, 0.3) is 5.91 Å². The maximum absolute atomic E-state index is 11.7. The van der Waals surface area contributed by atoms with E-state index in [1.54, 1.807) is 0 Å². The second-order valence-electron chi connectivity index (χ2n) is 5.99. The molecule has 0 radical (unpaired) electrons. The first-order valence-corrected chi connectivity index (χ1v) is 9.05. The average Bonchev–Trinajstić information content (AvgIpc) is 2.90. The molecule has 0 unspecified atom stereocenters. The zero-order valence-corrected chi connectivity index (χ0v) is 14.5. The predicted molar refractivity (Wildman–Crippen MR) is 99.6 cm³/mol. The lowest BCUT2D eigenvalue weighted by molar-refractivity contribution is 0.100. The van der Waals surface area contributed by atoms with Crippen molar-refractivity contribution in [1.82, 2.24) is 4.98 Å². The molecule has 4 rings (SSSR count). The molecule has 122 valence electrons. The van der Waals surface area contributed by atoms with Crippen LogP contribution in [0.25, 0.3) is 21.3 Å². The number of carbonyl (C=O) groups excluding carboxylic acids is 1. The molecule has 0 aliphatic heterocycles. The summed E-state index contributed by atoms with van der Waals surface area (Å²) in [6, 6.07) is 7.73. The number of aromatic nitrogens is 1. The third-order valence-corrected chi connectivity index (χ3v) is 5.96. The van der Waals surface area contributed by atoms with Crippen molar-refractivity contribution in [2.75, 3.05) is 5.73 Å². The van der Waals surface area contributed by atoms with E-state index in [-0.39, 0.29) is 0 Å². The molecule has 0 fully saturated rings. The first-order valence-electron chi connectivity index (χ1n) is 7.86. The summed E-state index contributed by atoms with van der Waals surface area (Å²) >= 11 is 7.74. The first-order chi connectivity index (χ1) is 11.6. The van der Waals surface area contributed by atoms with Gasteiger partial charge in [0.15, 0.2) is 0 Å². The number of pyridine rings is 1. The molecule has 3 aromatic rings. The number of carbonyl (C=O) groups is 1. The number of benzene rings is 1. The van der Waals surface area contributed by atoms with Crippen LogP contribution in [0.15, 0.2) is 24.3 Å². The van der Waals surface area contributed by atoms with Crippen LogP contribution in [0.1, 0.15) is 33.8 Å². The molecule has 0 saturated carbocycles. The van der Waals surface area contributed by atoms with Gasteiger partial charge in [-0.2, -0.15) is 0 Å². The van der Waals surface area contributed by atoms with E-state index in [0.717, 1.165) is 52.7 Å². The Morgan fingerprint density at radius 1 is 1.21 bits per heavy atom. The highest BCUT2D eigenvalue weighted by Crippen LogP contribution is 2.45. The zero-order valence-electron chi connectivity index (χ0n) is 12.9. The number of nitrogens with zero attached hydrogens (tertiary/aromatic N) is 1. The Morgan fingerprint density at radius 2 is 1.96 bits per heavy atom. The van der Waals surface area contributed by atoms with E-state index in [2.05, 4.69) is 0 Å². The molecule has 4 nitrogen and oxygen atoms in total. The number of hydrogen-bond acceptors (Lipinski definition) is 4. The van der Waals surface area contributed by atoms with Crippen molar-refractivity contribution in [3.8, 4) is 11.1 Å². The van der Waals surface area contributed by atoms with E-state index >= 15 is 0 Å². The molecule has 0 bridgehead atoms. The van der Waals surface area contributed by atoms with Gasteiger partial charge < -0.3 is 11.5 Å². The van der Waals surface area contributed by atoms with Crippen molar-refractivity contribution < 1.29 is 4.79 Å². The van der Waals surface area contributed by atoms with Gasteiger partial charge in [-0.25, -0.2) is 4.98 Å². The van der Waals surface area contributed by atoms with Crippen LogP contribution in [0.4, 0.5) is 5.69 Å². The minimum absolute atomic E-state index is 0.369. The molecular weight excluding hydrogens is 342 g/mol. The van der Waals surface area contributed by atoms with E-state index in [0.29, 0.717) is 15.6 Å². The highest BCUT2D eigenvalue weighted by Gasteiger charge is 2.25. The molecule has 4 N–H and O–H groups in total. The van der Waals surface area contributed by atoms with E-state index in [4.69, 9.17) is 28.1 Å². The first kappa shape index (κ1) is 15.4. The smallest absolute Gasteiger partial charge is 0.260 e. The summed E-state index contributed by atoms with van der Waals surface area (Å²) in [4.78, 5) is 17.6. The van der Waals surface area contributed by atoms with Crippen molar-refractivity contribution in [3.63, 3.8) is 0 Å². The molecule has 0 saturated heterocycles. The maximum Gasteiger partial charge on any atom is 0.260 e. The fraction of sp³-hybridized carbons (Fsp3) is 0.222. The van der Waals surface area contributed by atoms with Gasteiger partial charge in [-0.3, -0.25) is 4.79 Å². The standard InChI is InChI=1S/C18H16ClN3OS/c19-11-7-3-1-5-9(11)13-10-6-2-4-8-12(10)22-18-14(13)15(20)16(24-18)17(21)23/h1,3,5,7H,2,4,6,8,20H2,(H2,21,23). The van der Waals surface area contributed by atoms with E-state index < -0.39 is 5.91 Å². The fourth-order valence-corrected chi connectivity index (χ4v) is 4.66. The Hall–Kier alpha value is -2.11. The average molecular weight is 358 g/mol. The predicted octanol–water partition coefficient (Wildman–Crippen LogP) is 4.18. The number of rotatable bonds is 2. The second kappa shape index (κ2) is 5.76. The summed E-state index contributed by atoms with van der Waals surface area (Å²) in [5.41, 5.74) is 16.4. The minimum atomic E-state index is -0.515. The van der Waals surface area contributed by atoms with Gasteiger partial charge in [0, 0.05) is 27.2 Å².